The molecule has 0 spiro atoms. The Bertz CT molecular complexity index is 581. The number of hydrogen-bond acceptors (Lipinski definition) is 2. The van der Waals surface area contributed by atoms with Crippen LogP contribution >= 0.6 is 0 Å². The third-order valence-corrected chi connectivity index (χ3v) is 3.88. The number of aromatic amines is 1. The monoisotopic (exact) mass is 257 g/mol. The minimum Gasteiger partial charge on any atom is -0.349 e. The summed E-state index contributed by atoms with van der Waals surface area (Å²) in [6.07, 6.45) is 8.39. The molecule has 100 valence electrons. The van der Waals surface area contributed by atoms with E-state index in [1.165, 1.54) is 11.4 Å². The maximum atomic E-state index is 11.9. The molecule has 0 saturated heterocycles. The Hall–Kier alpha value is -1.84. The number of imidazole rings is 1. The van der Waals surface area contributed by atoms with Crippen LogP contribution in [-0.2, 0) is 19.4 Å². The van der Waals surface area contributed by atoms with E-state index < -0.39 is 0 Å². The number of hydrogen-bond donors (Lipinski definition) is 1. The van der Waals surface area contributed by atoms with Gasteiger partial charge in [0.2, 0.25) is 0 Å². The van der Waals surface area contributed by atoms with E-state index >= 15 is 0 Å². The second kappa shape index (κ2) is 5.03. The van der Waals surface area contributed by atoms with E-state index in [1.54, 1.807) is 6.20 Å². The maximum Gasteiger partial charge on any atom is 0.164 e. The Balaban J connectivity index is 1.72. The molecule has 1 aliphatic rings. The Morgan fingerprint density at radius 3 is 3.11 bits per heavy atom. The summed E-state index contributed by atoms with van der Waals surface area (Å²) in [5.41, 5.74) is 3.41. The molecule has 4 heteroatoms. The third kappa shape index (κ3) is 2.35. The van der Waals surface area contributed by atoms with Gasteiger partial charge in [-0.05, 0) is 32.3 Å². The molecular formula is C15H19N3O. The van der Waals surface area contributed by atoms with Gasteiger partial charge in [0.15, 0.2) is 5.78 Å². The van der Waals surface area contributed by atoms with Crippen LogP contribution in [0, 0.1) is 6.92 Å². The van der Waals surface area contributed by atoms with Crippen LogP contribution < -0.4 is 0 Å². The van der Waals surface area contributed by atoms with E-state index in [0.717, 1.165) is 43.6 Å². The number of rotatable bonds is 4. The summed E-state index contributed by atoms with van der Waals surface area (Å²) in [4.78, 5) is 19.2. The molecule has 4 nitrogen and oxygen atoms in total. The van der Waals surface area contributed by atoms with Crippen molar-refractivity contribution >= 4 is 5.78 Å². The summed E-state index contributed by atoms with van der Waals surface area (Å²) in [6, 6.07) is 2.06. The van der Waals surface area contributed by atoms with E-state index in [2.05, 4.69) is 27.5 Å². The number of ketones is 1. The summed E-state index contributed by atoms with van der Waals surface area (Å²) >= 11 is 0. The third-order valence-electron chi connectivity index (χ3n) is 3.88. The van der Waals surface area contributed by atoms with Crippen molar-refractivity contribution in [2.45, 2.75) is 45.6 Å². The van der Waals surface area contributed by atoms with Gasteiger partial charge in [0.05, 0.1) is 0 Å². The molecule has 0 bridgehead atoms. The van der Waals surface area contributed by atoms with E-state index in [-0.39, 0.29) is 0 Å². The van der Waals surface area contributed by atoms with Gasteiger partial charge >= 0.3 is 0 Å². The van der Waals surface area contributed by atoms with Gasteiger partial charge in [0, 0.05) is 48.7 Å². The number of carbonyl (C=O) groups excluding carboxylic acids is 1. The molecule has 2 heterocycles. The molecule has 0 amide bonds. The van der Waals surface area contributed by atoms with Crippen molar-refractivity contribution in [2.75, 3.05) is 0 Å². The summed E-state index contributed by atoms with van der Waals surface area (Å²) < 4.78 is 2.31. The van der Waals surface area contributed by atoms with Crippen LogP contribution in [0.2, 0.25) is 0 Å². The quantitative estimate of drug-likeness (QED) is 0.915. The van der Waals surface area contributed by atoms with Crippen molar-refractivity contribution in [3.05, 3.63) is 41.2 Å². The number of fused-ring (bicyclic) bond motifs is 1. The van der Waals surface area contributed by atoms with Gasteiger partial charge in [-0.1, -0.05) is 0 Å². The van der Waals surface area contributed by atoms with Gasteiger partial charge in [0.25, 0.3) is 0 Å². The molecule has 19 heavy (non-hydrogen) atoms. The summed E-state index contributed by atoms with van der Waals surface area (Å²) in [5.74, 6) is 1.35. The largest absolute Gasteiger partial charge is 0.349 e. The molecule has 0 aromatic carbocycles. The Kier molecular flexibility index (Phi) is 3.23. The van der Waals surface area contributed by atoms with Gasteiger partial charge in [-0.25, -0.2) is 4.98 Å². The van der Waals surface area contributed by atoms with Gasteiger partial charge in [-0.15, -0.1) is 0 Å². The van der Waals surface area contributed by atoms with Crippen molar-refractivity contribution in [1.82, 2.24) is 14.5 Å². The van der Waals surface area contributed by atoms with E-state index in [4.69, 9.17) is 0 Å². The number of nitrogens with zero attached hydrogens (tertiary/aromatic N) is 2. The zero-order valence-corrected chi connectivity index (χ0v) is 11.3. The normalized spacial score (nSPS) is 14.7. The number of nitrogens with one attached hydrogen (secondary N) is 1. The van der Waals surface area contributed by atoms with Crippen molar-refractivity contribution < 1.29 is 4.79 Å². The zero-order valence-electron chi connectivity index (χ0n) is 11.3. The first kappa shape index (κ1) is 12.2. The second-order valence-corrected chi connectivity index (χ2v) is 5.21. The lowest BCUT2D eigenvalue weighted by molar-refractivity contribution is 0.0971. The SMILES string of the molecule is Cc1cc2c(n1CCCc1ncc[nH]1)CCCC2=O. The predicted molar refractivity (Wildman–Crippen MR) is 73.3 cm³/mol. The van der Waals surface area contributed by atoms with Gasteiger partial charge in [0.1, 0.15) is 5.82 Å². The highest BCUT2D eigenvalue weighted by Gasteiger charge is 2.22. The van der Waals surface area contributed by atoms with Crippen LogP contribution in [-0.4, -0.2) is 20.3 Å². The van der Waals surface area contributed by atoms with Crippen LogP contribution in [0.1, 0.15) is 46.8 Å². The van der Waals surface area contributed by atoms with Crippen molar-refractivity contribution in [3.63, 3.8) is 0 Å². The summed E-state index contributed by atoms with van der Waals surface area (Å²) in [5, 5.41) is 0. The Labute approximate surface area is 112 Å². The molecule has 2 aromatic heterocycles. The molecule has 2 aromatic rings. The fourth-order valence-corrected chi connectivity index (χ4v) is 2.94. The van der Waals surface area contributed by atoms with E-state index in [0.29, 0.717) is 12.2 Å². The first-order chi connectivity index (χ1) is 9.25. The Morgan fingerprint density at radius 2 is 2.32 bits per heavy atom. The van der Waals surface area contributed by atoms with E-state index in [1.807, 2.05) is 6.20 Å². The number of aromatic nitrogens is 3. The number of Topliss-reactive ketones (excluding diaryl/α,β-unsaturated/α-hetero) is 1. The molecular weight excluding hydrogens is 238 g/mol. The highest BCUT2D eigenvalue weighted by molar-refractivity contribution is 5.98. The summed E-state index contributed by atoms with van der Waals surface area (Å²) in [7, 11) is 0. The van der Waals surface area contributed by atoms with Crippen LogP contribution in [0.25, 0.3) is 0 Å². The lowest BCUT2D eigenvalue weighted by atomic mass is 9.96. The number of carbonyl (C=O) groups is 1. The maximum absolute atomic E-state index is 11.9. The van der Waals surface area contributed by atoms with Crippen LogP contribution in [0.4, 0.5) is 0 Å². The zero-order chi connectivity index (χ0) is 13.2. The standard InChI is InChI=1S/C15H19N3O/c1-11-10-12-13(4-2-5-14(12)19)18(11)9-3-6-15-16-7-8-17-15/h7-8,10H,2-6,9H2,1H3,(H,16,17). The van der Waals surface area contributed by atoms with Crippen molar-refractivity contribution in [1.29, 1.82) is 0 Å². The molecule has 0 unspecified atom stereocenters. The van der Waals surface area contributed by atoms with Crippen molar-refractivity contribution in [3.8, 4) is 0 Å². The fraction of sp³-hybridized carbons (Fsp3) is 0.467. The van der Waals surface area contributed by atoms with Gasteiger partial charge in [-0.3, -0.25) is 4.79 Å². The first-order valence-electron chi connectivity index (χ1n) is 6.96. The molecule has 0 saturated carbocycles. The second-order valence-electron chi connectivity index (χ2n) is 5.21. The minimum atomic E-state index is 0.314. The fourth-order valence-electron chi connectivity index (χ4n) is 2.94. The highest BCUT2D eigenvalue weighted by Crippen LogP contribution is 2.25. The molecule has 0 aliphatic heterocycles. The lowest BCUT2D eigenvalue weighted by Gasteiger charge is -2.15. The minimum absolute atomic E-state index is 0.314. The molecule has 0 fully saturated rings. The number of aryl methyl sites for hydroxylation is 2. The molecule has 0 radical (unpaired) electrons. The highest BCUT2D eigenvalue weighted by atomic mass is 16.1. The lowest BCUT2D eigenvalue weighted by Crippen LogP contribution is -2.14. The van der Waals surface area contributed by atoms with Crippen LogP contribution in [0.5, 0.6) is 0 Å². The molecule has 1 N–H and O–H groups in total. The molecule has 0 atom stereocenters. The predicted octanol–water partition coefficient (Wildman–Crippen LogP) is 2.67. The first-order valence-corrected chi connectivity index (χ1v) is 6.96. The topological polar surface area (TPSA) is 50.7 Å². The smallest absolute Gasteiger partial charge is 0.164 e. The molecule has 3 rings (SSSR count). The number of H-pyrrole nitrogens is 1. The molecule has 1 aliphatic carbocycles. The van der Waals surface area contributed by atoms with Crippen LogP contribution in [0.15, 0.2) is 18.5 Å². The van der Waals surface area contributed by atoms with Gasteiger partial charge in [-0.2, -0.15) is 0 Å². The summed E-state index contributed by atoms with van der Waals surface area (Å²) in [6.45, 7) is 3.06. The Morgan fingerprint density at radius 1 is 1.42 bits per heavy atom. The average Bonchev–Trinajstić information content (AvgIpc) is 3.00. The average molecular weight is 257 g/mol. The van der Waals surface area contributed by atoms with Crippen molar-refractivity contribution in [2.24, 2.45) is 0 Å². The van der Waals surface area contributed by atoms with Gasteiger partial charge < -0.3 is 9.55 Å². The van der Waals surface area contributed by atoms with E-state index in [9.17, 15) is 4.79 Å². The van der Waals surface area contributed by atoms with Crippen LogP contribution in [0.3, 0.4) is 0 Å².